The average molecular weight is 555 g/mol. The molecule has 0 aliphatic rings. The molecule has 12 heteroatoms. The van der Waals surface area contributed by atoms with Crippen LogP contribution in [0.3, 0.4) is 0 Å². The van der Waals surface area contributed by atoms with Gasteiger partial charge in [-0.1, -0.05) is 0 Å². The zero-order valence-electron chi connectivity index (χ0n) is 20.7. The van der Waals surface area contributed by atoms with Gasteiger partial charge in [-0.15, -0.1) is 0 Å². The molecule has 12 nitrogen and oxygen atoms in total. The van der Waals surface area contributed by atoms with E-state index in [2.05, 4.69) is 0 Å². The Morgan fingerprint density at radius 3 is 0.900 bits per heavy atom. The van der Waals surface area contributed by atoms with Crippen LogP contribution in [0.5, 0.6) is 69.0 Å². The molecule has 0 aliphatic carbocycles. The van der Waals surface area contributed by atoms with E-state index in [1.807, 2.05) is 0 Å². The van der Waals surface area contributed by atoms with Crippen LogP contribution in [0.1, 0.15) is 22.3 Å². The lowest BCUT2D eigenvalue weighted by atomic mass is 9.93. The van der Waals surface area contributed by atoms with Gasteiger partial charge >= 0.3 is 0 Å². The Hall–Kier alpha value is -5.52. The number of phenols is 12. The van der Waals surface area contributed by atoms with Gasteiger partial charge in [0.1, 0.15) is 0 Å². The Balaban J connectivity index is 1.71. The Morgan fingerprint density at radius 1 is 0.300 bits per heavy atom. The van der Waals surface area contributed by atoms with Gasteiger partial charge in [0.2, 0.25) is 11.5 Å². The first-order valence-corrected chi connectivity index (χ1v) is 11.8. The maximum atomic E-state index is 10.6. The van der Waals surface area contributed by atoms with E-state index in [1.54, 1.807) is 0 Å². The summed E-state index contributed by atoms with van der Waals surface area (Å²) in [7, 11) is 0. The van der Waals surface area contributed by atoms with Gasteiger partial charge in [-0.25, -0.2) is 0 Å². The molecule has 0 saturated heterocycles. The molecule has 0 heterocycles. The van der Waals surface area contributed by atoms with E-state index in [1.165, 1.54) is 36.4 Å². The predicted molar refractivity (Wildman–Crippen MR) is 140 cm³/mol. The van der Waals surface area contributed by atoms with Gasteiger partial charge in [0.25, 0.3) is 0 Å². The first kappa shape index (κ1) is 27.5. The summed E-state index contributed by atoms with van der Waals surface area (Å²) in [5, 5.41) is 121. The summed E-state index contributed by atoms with van der Waals surface area (Å²) in [5.74, 6) is -8.53. The summed E-state index contributed by atoms with van der Waals surface area (Å²) in [6.07, 6.45) is 0.149. The molecule has 4 rings (SSSR count). The van der Waals surface area contributed by atoms with Crippen LogP contribution in [0.2, 0.25) is 0 Å². The highest BCUT2D eigenvalue weighted by atomic mass is 16.3. The first-order chi connectivity index (χ1) is 18.8. The molecule has 210 valence electrons. The summed E-state index contributed by atoms with van der Waals surface area (Å²) >= 11 is 0. The highest BCUT2D eigenvalue weighted by Gasteiger charge is 2.24. The Morgan fingerprint density at radius 2 is 0.600 bits per heavy atom. The predicted octanol–water partition coefficient (Wildman–Crippen LogP) is 3.39. The van der Waals surface area contributed by atoms with Crippen molar-refractivity contribution in [2.75, 3.05) is 0 Å². The zero-order chi connectivity index (χ0) is 29.5. The summed E-state index contributed by atoms with van der Waals surface area (Å²) in [6.45, 7) is 0. The van der Waals surface area contributed by atoms with Gasteiger partial charge in [0.05, 0.1) is 0 Å². The lowest BCUT2D eigenvalue weighted by molar-refractivity contribution is 0.362. The summed E-state index contributed by atoms with van der Waals surface area (Å²) in [4.78, 5) is 0. The van der Waals surface area contributed by atoms with Crippen LogP contribution in [-0.2, 0) is 25.7 Å². The molecule has 0 bridgehead atoms. The highest BCUT2D eigenvalue weighted by Crippen LogP contribution is 2.51. The average Bonchev–Trinajstić information content (AvgIpc) is 2.91. The Bertz CT molecular complexity index is 1460. The Labute approximate surface area is 226 Å². The van der Waals surface area contributed by atoms with Gasteiger partial charge in [0, 0.05) is 11.1 Å². The zero-order valence-corrected chi connectivity index (χ0v) is 20.7. The van der Waals surface area contributed by atoms with Crippen molar-refractivity contribution in [3.63, 3.8) is 0 Å². The fraction of sp³-hybridized carbons (Fsp3) is 0.143. The van der Waals surface area contributed by atoms with Crippen LogP contribution in [0, 0.1) is 0 Å². The maximum absolute atomic E-state index is 10.6. The van der Waals surface area contributed by atoms with Crippen molar-refractivity contribution in [3.05, 3.63) is 58.7 Å². The molecular formula is C28H26O12. The third-order valence-corrected chi connectivity index (χ3v) is 6.57. The summed E-state index contributed by atoms with van der Waals surface area (Å²) < 4.78 is 0. The van der Waals surface area contributed by atoms with Crippen LogP contribution < -0.4 is 0 Å². The molecule has 12 N–H and O–H groups in total. The molecule has 4 aromatic rings. The molecular weight excluding hydrogens is 528 g/mol. The minimum absolute atomic E-state index is 0.0121. The molecule has 4 aromatic carbocycles. The highest BCUT2D eigenvalue weighted by molar-refractivity contribution is 5.84. The number of phenolic OH excluding ortho intramolecular Hbond substituents is 12. The van der Waals surface area contributed by atoms with Crippen LogP contribution in [-0.4, -0.2) is 61.3 Å². The number of rotatable bonds is 7. The molecule has 0 unspecified atom stereocenters. The summed E-state index contributed by atoms with van der Waals surface area (Å²) in [5.41, 5.74) is 0.438. The van der Waals surface area contributed by atoms with Gasteiger partial charge in [0.15, 0.2) is 57.5 Å². The summed E-state index contributed by atoms with van der Waals surface area (Å²) in [6, 6.07) is 7.23. The minimum atomic E-state index is -0.924. The third kappa shape index (κ3) is 4.97. The van der Waals surface area contributed by atoms with Crippen LogP contribution in [0.25, 0.3) is 11.1 Å². The quantitative estimate of drug-likeness (QED) is 0.147. The van der Waals surface area contributed by atoms with E-state index in [4.69, 9.17) is 0 Å². The van der Waals surface area contributed by atoms with Gasteiger partial charge in [-0.3, -0.25) is 0 Å². The fourth-order valence-electron chi connectivity index (χ4n) is 4.37. The monoisotopic (exact) mass is 554 g/mol. The fourth-order valence-corrected chi connectivity index (χ4v) is 4.37. The molecule has 40 heavy (non-hydrogen) atoms. The lowest BCUT2D eigenvalue weighted by Crippen LogP contribution is -1.96. The van der Waals surface area contributed by atoms with Crippen LogP contribution in [0.15, 0.2) is 36.4 Å². The molecule has 0 spiro atoms. The normalized spacial score (nSPS) is 11.1. The van der Waals surface area contributed by atoms with Crippen molar-refractivity contribution in [3.8, 4) is 80.1 Å². The van der Waals surface area contributed by atoms with Crippen molar-refractivity contribution in [2.24, 2.45) is 0 Å². The van der Waals surface area contributed by atoms with Gasteiger partial charge in [-0.2, -0.15) is 0 Å². The van der Waals surface area contributed by atoms with Crippen molar-refractivity contribution in [2.45, 2.75) is 25.7 Å². The second kappa shape index (κ2) is 10.3. The molecule has 0 fully saturated rings. The molecule has 0 atom stereocenters. The van der Waals surface area contributed by atoms with E-state index >= 15 is 0 Å². The number of benzene rings is 4. The Kier molecular flexibility index (Phi) is 7.10. The van der Waals surface area contributed by atoms with Gasteiger partial charge in [-0.05, 0) is 84.3 Å². The number of aromatic hydroxyl groups is 12. The largest absolute Gasteiger partial charge is 0.504 e. The third-order valence-electron chi connectivity index (χ3n) is 6.57. The second-order valence-electron chi connectivity index (χ2n) is 9.22. The standard InChI is InChI=1S/C28H26O12/c29-17-5-11(6-18(30)25(17)37)1-3-13-9-15(23(35)27(39)21(13)33)16-10-14(22(34)28(40)24(16)36)4-2-12-7-19(31)26(38)20(32)8-12/h5-10,29-40H,1-4H2. The molecule has 0 saturated carbocycles. The van der Waals surface area contributed by atoms with Crippen LogP contribution in [0.4, 0.5) is 0 Å². The SMILES string of the molecule is Oc1cc(CCc2cc(-c3cc(CCc4cc(O)c(O)c(O)c4)c(O)c(O)c3O)c(O)c(O)c2O)cc(O)c1O. The molecule has 0 amide bonds. The maximum Gasteiger partial charge on any atom is 0.201 e. The number of hydrogen-bond acceptors (Lipinski definition) is 12. The minimum Gasteiger partial charge on any atom is -0.504 e. The van der Waals surface area contributed by atoms with E-state index < -0.39 is 69.0 Å². The lowest BCUT2D eigenvalue weighted by Gasteiger charge is -2.17. The second-order valence-corrected chi connectivity index (χ2v) is 9.22. The van der Waals surface area contributed by atoms with Crippen molar-refractivity contribution in [1.82, 2.24) is 0 Å². The molecule has 0 aliphatic heterocycles. The number of aryl methyl sites for hydroxylation is 4. The van der Waals surface area contributed by atoms with Crippen molar-refractivity contribution >= 4 is 0 Å². The van der Waals surface area contributed by atoms with E-state index in [9.17, 15) is 61.3 Å². The van der Waals surface area contributed by atoms with Crippen LogP contribution >= 0.6 is 0 Å². The first-order valence-electron chi connectivity index (χ1n) is 11.8. The van der Waals surface area contributed by atoms with Gasteiger partial charge < -0.3 is 61.3 Å². The van der Waals surface area contributed by atoms with Crippen molar-refractivity contribution < 1.29 is 61.3 Å². The molecule has 0 radical (unpaired) electrons. The smallest absolute Gasteiger partial charge is 0.201 e. The van der Waals surface area contributed by atoms with E-state index in [-0.39, 0.29) is 47.9 Å². The van der Waals surface area contributed by atoms with E-state index in [0.717, 1.165) is 0 Å². The van der Waals surface area contributed by atoms with Crippen molar-refractivity contribution in [1.29, 1.82) is 0 Å². The topological polar surface area (TPSA) is 243 Å². The molecule has 0 aromatic heterocycles. The van der Waals surface area contributed by atoms with E-state index in [0.29, 0.717) is 11.1 Å². The number of hydrogen-bond donors (Lipinski definition) is 12.